The first-order chi connectivity index (χ1) is 8.89. The summed E-state index contributed by atoms with van der Waals surface area (Å²) in [5.74, 6) is -0.826. The number of primary amides is 1. The number of allylic oxidation sites excluding steroid dienone is 1. The van der Waals surface area contributed by atoms with Gasteiger partial charge in [-0.1, -0.05) is 30.4 Å². The highest BCUT2D eigenvalue weighted by Crippen LogP contribution is 2.24. The SMILES string of the molecule is NC(=O)C1Nc2ccccc2C=CCC1S(=O)(=O)O. The first kappa shape index (κ1) is 13.6. The van der Waals surface area contributed by atoms with Gasteiger partial charge >= 0.3 is 0 Å². The van der Waals surface area contributed by atoms with Crippen LogP contribution in [0.25, 0.3) is 6.08 Å². The molecule has 0 bridgehead atoms. The van der Waals surface area contributed by atoms with E-state index < -0.39 is 27.3 Å². The second-order valence-corrected chi connectivity index (χ2v) is 5.94. The Balaban J connectivity index is 2.47. The maximum Gasteiger partial charge on any atom is 0.270 e. The third-order valence-corrected chi connectivity index (χ3v) is 4.23. The fourth-order valence-electron chi connectivity index (χ4n) is 2.05. The van der Waals surface area contributed by atoms with Crippen molar-refractivity contribution in [1.82, 2.24) is 0 Å². The fraction of sp³-hybridized carbons (Fsp3) is 0.250. The number of nitrogens with one attached hydrogen (secondary N) is 1. The van der Waals surface area contributed by atoms with Crippen LogP contribution in [0.3, 0.4) is 0 Å². The highest BCUT2D eigenvalue weighted by Gasteiger charge is 2.36. The number of hydrogen-bond donors (Lipinski definition) is 3. The molecular formula is C12H14N2O4S. The fourth-order valence-corrected chi connectivity index (χ4v) is 2.95. The van der Waals surface area contributed by atoms with Crippen LogP contribution in [0.5, 0.6) is 0 Å². The maximum atomic E-state index is 11.4. The van der Waals surface area contributed by atoms with E-state index in [9.17, 15) is 17.8 Å². The number of carbonyl (C=O) groups is 1. The monoisotopic (exact) mass is 282 g/mol. The minimum absolute atomic E-state index is 0.00771. The van der Waals surface area contributed by atoms with E-state index in [1.54, 1.807) is 24.3 Å². The quantitative estimate of drug-likeness (QED) is 0.689. The summed E-state index contributed by atoms with van der Waals surface area (Å²) in [6.07, 6.45) is 3.35. The van der Waals surface area contributed by atoms with Crippen LogP contribution in [-0.2, 0) is 14.9 Å². The summed E-state index contributed by atoms with van der Waals surface area (Å²) in [6, 6.07) is 5.93. The molecule has 1 aliphatic heterocycles. The number of nitrogens with two attached hydrogens (primary N) is 1. The van der Waals surface area contributed by atoms with E-state index in [-0.39, 0.29) is 6.42 Å². The number of carbonyl (C=O) groups excluding carboxylic acids is 1. The van der Waals surface area contributed by atoms with E-state index in [0.29, 0.717) is 5.69 Å². The van der Waals surface area contributed by atoms with Crippen LogP contribution in [0.1, 0.15) is 12.0 Å². The lowest BCUT2D eigenvalue weighted by Crippen LogP contribution is -2.48. The number of para-hydroxylation sites is 1. The molecule has 0 saturated heterocycles. The molecule has 0 radical (unpaired) electrons. The van der Waals surface area contributed by atoms with Crippen molar-refractivity contribution < 1.29 is 17.8 Å². The van der Waals surface area contributed by atoms with E-state index in [0.717, 1.165) is 5.56 Å². The van der Waals surface area contributed by atoms with E-state index in [2.05, 4.69) is 5.32 Å². The number of rotatable bonds is 2. The second kappa shape index (κ2) is 5.02. The molecular weight excluding hydrogens is 268 g/mol. The molecule has 1 aromatic rings. The van der Waals surface area contributed by atoms with Gasteiger partial charge < -0.3 is 11.1 Å². The van der Waals surface area contributed by atoms with Gasteiger partial charge in [0.05, 0.1) is 0 Å². The molecule has 2 unspecified atom stereocenters. The Morgan fingerprint density at radius 2 is 2.05 bits per heavy atom. The molecule has 1 aromatic carbocycles. The summed E-state index contributed by atoms with van der Waals surface area (Å²) in [6.45, 7) is 0. The number of fused-ring (bicyclic) bond motifs is 1. The molecule has 7 heteroatoms. The third kappa shape index (κ3) is 2.94. The summed E-state index contributed by atoms with van der Waals surface area (Å²) >= 11 is 0. The summed E-state index contributed by atoms with van der Waals surface area (Å²) in [4.78, 5) is 11.4. The molecule has 0 aromatic heterocycles. The van der Waals surface area contributed by atoms with Gasteiger partial charge in [-0.05, 0) is 18.1 Å². The Hall–Kier alpha value is -1.86. The van der Waals surface area contributed by atoms with Gasteiger partial charge in [-0.3, -0.25) is 9.35 Å². The Bertz CT molecular complexity index is 624. The molecule has 1 amide bonds. The van der Waals surface area contributed by atoms with E-state index in [1.165, 1.54) is 0 Å². The van der Waals surface area contributed by atoms with Crippen molar-refractivity contribution >= 4 is 27.8 Å². The molecule has 1 heterocycles. The summed E-state index contributed by atoms with van der Waals surface area (Å²) in [5, 5.41) is 1.49. The molecule has 6 nitrogen and oxygen atoms in total. The van der Waals surface area contributed by atoms with E-state index in [4.69, 9.17) is 5.73 Å². The van der Waals surface area contributed by atoms with Gasteiger partial charge in [0, 0.05) is 5.69 Å². The molecule has 4 N–H and O–H groups in total. The summed E-state index contributed by atoms with van der Waals surface area (Å²) < 4.78 is 31.9. The van der Waals surface area contributed by atoms with E-state index >= 15 is 0 Å². The molecule has 2 rings (SSSR count). The first-order valence-electron chi connectivity index (χ1n) is 5.67. The second-order valence-electron chi connectivity index (χ2n) is 4.30. The first-order valence-corrected chi connectivity index (χ1v) is 7.17. The standard InChI is InChI=1S/C12H14N2O4S/c13-12(15)11-10(19(16,17)18)7-3-5-8-4-1-2-6-9(8)14-11/h1-6,10-11,14H,7H2,(H2,13,15)(H,16,17,18). The number of amides is 1. The molecule has 1 aliphatic rings. The number of hydrogen-bond acceptors (Lipinski definition) is 4. The number of benzene rings is 1. The van der Waals surface area contributed by atoms with Crippen LogP contribution in [0, 0.1) is 0 Å². The maximum absolute atomic E-state index is 11.4. The van der Waals surface area contributed by atoms with Crippen molar-refractivity contribution in [1.29, 1.82) is 0 Å². The largest absolute Gasteiger partial charge is 0.372 e. The Labute approximate surface area is 111 Å². The van der Waals surface area contributed by atoms with Crippen molar-refractivity contribution in [2.45, 2.75) is 17.7 Å². The van der Waals surface area contributed by atoms with Crippen LogP contribution in [0.4, 0.5) is 5.69 Å². The van der Waals surface area contributed by atoms with Crippen molar-refractivity contribution in [3.05, 3.63) is 35.9 Å². The minimum Gasteiger partial charge on any atom is -0.372 e. The Morgan fingerprint density at radius 1 is 1.37 bits per heavy atom. The normalized spacial score (nSPS) is 22.8. The summed E-state index contributed by atoms with van der Waals surface area (Å²) in [7, 11) is -4.38. The van der Waals surface area contributed by atoms with Gasteiger partial charge in [0.2, 0.25) is 5.91 Å². The topological polar surface area (TPSA) is 109 Å². The molecule has 2 atom stereocenters. The van der Waals surface area contributed by atoms with Gasteiger partial charge in [-0.25, -0.2) is 0 Å². The van der Waals surface area contributed by atoms with Gasteiger partial charge in [-0.15, -0.1) is 0 Å². The molecule has 19 heavy (non-hydrogen) atoms. The lowest BCUT2D eigenvalue weighted by Gasteiger charge is -2.25. The van der Waals surface area contributed by atoms with Crippen molar-refractivity contribution in [2.24, 2.45) is 5.73 Å². The summed E-state index contributed by atoms with van der Waals surface area (Å²) in [5.41, 5.74) is 6.65. The zero-order valence-corrected chi connectivity index (χ0v) is 10.8. The lowest BCUT2D eigenvalue weighted by molar-refractivity contribution is -0.118. The zero-order chi connectivity index (χ0) is 14.0. The Morgan fingerprint density at radius 3 is 2.68 bits per heavy atom. The van der Waals surface area contributed by atoms with Crippen LogP contribution in [0.2, 0.25) is 0 Å². The zero-order valence-electron chi connectivity index (χ0n) is 9.98. The van der Waals surface area contributed by atoms with Gasteiger partial charge in [0.1, 0.15) is 11.3 Å². The average Bonchev–Trinajstić information content (AvgIpc) is 2.27. The van der Waals surface area contributed by atoms with Gasteiger partial charge in [0.15, 0.2) is 0 Å². The average molecular weight is 282 g/mol. The smallest absolute Gasteiger partial charge is 0.270 e. The molecule has 0 fully saturated rings. The highest BCUT2D eigenvalue weighted by molar-refractivity contribution is 7.86. The van der Waals surface area contributed by atoms with Crippen molar-refractivity contribution in [3.63, 3.8) is 0 Å². The molecule has 102 valence electrons. The molecule has 0 spiro atoms. The molecule has 0 saturated carbocycles. The predicted molar refractivity (Wildman–Crippen MR) is 72.0 cm³/mol. The van der Waals surface area contributed by atoms with Crippen molar-refractivity contribution in [2.75, 3.05) is 5.32 Å². The van der Waals surface area contributed by atoms with Crippen LogP contribution < -0.4 is 11.1 Å². The predicted octanol–water partition coefficient (Wildman–Crippen LogP) is 0.626. The minimum atomic E-state index is -4.38. The van der Waals surface area contributed by atoms with Crippen LogP contribution in [-0.4, -0.2) is 30.2 Å². The molecule has 0 aliphatic carbocycles. The van der Waals surface area contributed by atoms with Crippen LogP contribution >= 0.6 is 0 Å². The highest BCUT2D eigenvalue weighted by atomic mass is 32.2. The van der Waals surface area contributed by atoms with Crippen molar-refractivity contribution in [3.8, 4) is 0 Å². The van der Waals surface area contributed by atoms with Gasteiger partial charge in [0.25, 0.3) is 10.1 Å². The third-order valence-electron chi connectivity index (χ3n) is 3.00. The Kier molecular flexibility index (Phi) is 3.59. The van der Waals surface area contributed by atoms with Crippen LogP contribution in [0.15, 0.2) is 30.3 Å². The van der Waals surface area contributed by atoms with E-state index in [1.807, 2.05) is 12.1 Å². The lowest BCUT2D eigenvalue weighted by atomic mass is 10.0. The number of anilines is 1. The van der Waals surface area contributed by atoms with Gasteiger partial charge in [-0.2, -0.15) is 8.42 Å².